The molecule has 114 valence electrons. The lowest BCUT2D eigenvalue weighted by molar-refractivity contribution is -0.145. The largest absolute Gasteiger partial charge is 0.391 e. The molecule has 1 aromatic rings. The van der Waals surface area contributed by atoms with Crippen molar-refractivity contribution in [2.24, 2.45) is 0 Å². The summed E-state index contributed by atoms with van der Waals surface area (Å²) in [4.78, 5) is 0. The Morgan fingerprint density at radius 3 is 2.65 bits per heavy atom. The van der Waals surface area contributed by atoms with E-state index in [0.717, 1.165) is 24.1 Å². The maximum atomic E-state index is 12.1. The van der Waals surface area contributed by atoms with Crippen molar-refractivity contribution >= 4 is 0 Å². The summed E-state index contributed by atoms with van der Waals surface area (Å²) in [5.41, 5.74) is 2.17. The lowest BCUT2D eigenvalue weighted by Gasteiger charge is -2.20. The number of hydrogen-bond acceptors (Lipinski definition) is 2. The van der Waals surface area contributed by atoms with Crippen LogP contribution in [0.2, 0.25) is 0 Å². The number of ether oxygens (including phenoxy) is 1. The molecule has 0 saturated heterocycles. The van der Waals surface area contributed by atoms with Gasteiger partial charge in [0, 0.05) is 0 Å². The third-order valence-electron chi connectivity index (χ3n) is 2.90. The van der Waals surface area contributed by atoms with Crippen molar-refractivity contribution in [3.05, 3.63) is 35.4 Å². The molecule has 0 aliphatic carbocycles. The Morgan fingerprint density at radius 2 is 2.05 bits per heavy atom. The average Bonchev–Trinajstić information content (AvgIpc) is 2.36. The fourth-order valence-corrected chi connectivity index (χ4v) is 1.87. The van der Waals surface area contributed by atoms with E-state index in [-0.39, 0.29) is 19.3 Å². The molecule has 0 aromatic heterocycles. The number of halogens is 3. The maximum Gasteiger partial charge on any atom is 0.391 e. The predicted octanol–water partition coefficient (Wildman–Crippen LogP) is 4.00. The first-order chi connectivity index (χ1) is 9.42. The molecule has 5 heteroatoms. The first-order valence-electron chi connectivity index (χ1n) is 6.87. The van der Waals surface area contributed by atoms with E-state index in [2.05, 4.69) is 5.32 Å². The van der Waals surface area contributed by atoms with E-state index in [1.165, 1.54) is 0 Å². The van der Waals surface area contributed by atoms with Gasteiger partial charge in [-0.05, 0) is 25.5 Å². The first kappa shape index (κ1) is 17.0. The van der Waals surface area contributed by atoms with E-state index in [1.807, 2.05) is 38.1 Å². The lowest BCUT2D eigenvalue weighted by atomic mass is 10.0. The van der Waals surface area contributed by atoms with Gasteiger partial charge in [-0.3, -0.25) is 0 Å². The minimum absolute atomic E-state index is 0.0666. The zero-order valence-corrected chi connectivity index (χ0v) is 12.0. The molecule has 0 spiro atoms. The van der Waals surface area contributed by atoms with Crippen LogP contribution in [0.4, 0.5) is 13.2 Å². The third-order valence-corrected chi connectivity index (χ3v) is 2.90. The van der Waals surface area contributed by atoms with Gasteiger partial charge in [-0.25, -0.2) is 0 Å². The lowest BCUT2D eigenvalue weighted by Crippen LogP contribution is -2.27. The minimum atomic E-state index is -4.16. The van der Waals surface area contributed by atoms with Gasteiger partial charge in [0.2, 0.25) is 0 Å². The van der Waals surface area contributed by atoms with E-state index in [0.29, 0.717) is 0 Å². The van der Waals surface area contributed by atoms with Crippen LogP contribution in [0.15, 0.2) is 24.3 Å². The summed E-state index contributed by atoms with van der Waals surface area (Å²) in [6, 6.07) is 7.86. The zero-order chi connectivity index (χ0) is 15.0. The molecule has 1 aromatic carbocycles. The predicted molar refractivity (Wildman–Crippen MR) is 73.7 cm³/mol. The van der Waals surface area contributed by atoms with Crippen LogP contribution in [-0.4, -0.2) is 25.9 Å². The van der Waals surface area contributed by atoms with Crippen molar-refractivity contribution in [3.63, 3.8) is 0 Å². The van der Waals surface area contributed by atoms with Crippen LogP contribution in [0, 0.1) is 6.92 Å². The van der Waals surface area contributed by atoms with Crippen molar-refractivity contribution in [2.75, 3.05) is 19.8 Å². The molecule has 0 aliphatic rings. The quantitative estimate of drug-likeness (QED) is 0.730. The molecule has 1 unspecified atom stereocenters. The van der Waals surface area contributed by atoms with Gasteiger partial charge in [-0.2, -0.15) is 13.2 Å². The highest BCUT2D eigenvalue weighted by Crippen LogP contribution is 2.20. The second-order valence-electron chi connectivity index (χ2n) is 4.86. The molecule has 0 fully saturated rings. The van der Waals surface area contributed by atoms with Crippen LogP contribution in [0.3, 0.4) is 0 Å². The molecular weight excluding hydrogens is 267 g/mol. The molecule has 0 bridgehead atoms. The van der Waals surface area contributed by atoms with E-state index in [1.54, 1.807) is 0 Å². The topological polar surface area (TPSA) is 21.3 Å². The summed E-state index contributed by atoms with van der Waals surface area (Å²) < 4.78 is 41.4. The minimum Gasteiger partial charge on any atom is -0.379 e. The Bertz CT molecular complexity index is 393. The number of benzene rings is 1. The number of hydrogen-bond donors (Lipinski definition) is 1. The van der Waals surface area contributed by atoms with Crippen LogP contribution in [-0.2, 0) is 4.74 Å². The molecule has 0 aliphatic heterocycles. The van der Waals surface area contributed by atoms with E-state index in [9.17, 15) is 13.2 Å². The molecule has 1 rings (SSSR count). The van der Waals surface area contributed by atoms with Crippen LogP contribution >= 0.6 is 0 Å². The molecule has 0 saturated carbocycles. The van der Waals surface area contributed by atoms with Crippen LogP contribution in [0.5, 0.6) is 0 Å². The molecule has 1 N–H and O–H groups in total. The van der Waals surface area contributed by atoms with Gasteiger partial charge >= 0.3 is 6.18 Å². The zero-order valence-electron chi connectivity index (χ0n) is 12.0. The second-order valence-corrected chi connectivity index (χ2v) is 4.86. The number of rotatable bonds is 8. The van der Waals surface area contributed by atoms with Crippen molar-refractivity contribution in [2.45, 2.75) is 38.9 Å². The standard InChI is InChI=1S/C15H22F3NO/c1-3-8-19-14(11-20-9-7-15(16,17)18)13-6-4-5-12(2)10-13/h4-6,10,14,19H,3,7-9,11H2,1-2H3. The molecule has 20 heavy (non-hydrogen) atoms. The van der Waals surface area contributed by atoms with Crippen LogP contribution in [0.25, 0.3) is 0 Å². The molecule has 0 amide bonds. The monoisotopic (exact) mass is 289 g/mol. The van der Waals surface area contributed by atoms with Gasteiger partial charge in [0.1, 0.15) is 0 Å². The Balaban J connectivity index is 2.52. The fourth-order valence-electron chi connectivity index (χ4n) is 1.87. The van der Waals surface area contributed by atoms with E-state index >= 15 is 0 Å². The first-order valence-corrected chi connectivity index (χ1v) is 6.87. The average molecular weight is 289 g/mol. The normalized spacial score (nSPS) is 13.4. The Hall–Kier alpha value is -1.07. The molecule has 0 radical (unpaired) electrons. The number of alkyl halides is 3. The van der Waals surface area contributed by atoms with Gasteiger partial charge in [-0.15, -0.1) is 0 Å². The highest BCUT2D eigenvalue weighted by molar-refractivity contribution is 5.25. The second kappa shape index (κ2) is 8.27. The van der Waals surface area contributed by atoms with E-state index < -0.39 is 12.6 Å². The molecule has 0 heterocycles. The van der Waals surface area contributed by atoms with Gasteiger partial charge < -0.3 is 10.1 Å². The highest BCUT2D eigenvalue weighted by Gasteiger charge is 2.26. The Labute approximate surface area is 118 Å². The summed E-state index contributed by atoms with van der Waals surface area (Å²) in [6.45, 7) is 4.80. The van der Waals surface area contributed by atoms with Crippen molar-refractivity contribution in [1.82, 2.24) is 5.32 Å². The fraction of sp³-hybridized carbons (Fsp3) is 0.600. The van der Waals surface area contributed by atoms with Gasteiger partial charge in [0.15, 0.2) is 0 Å². The van der Waals surface area contributed by atoms with Gasteiger partial charge in [0.25, 0.3) is 0 Å². The summed E-state index contributed by atoms with van der Waals surface area (Å²) >= 11 is 0. The van der Waals surface area contributed by atoms with Gasteiger partial charge in [-0.1, -0.05) is 36.8 Å². The smallest absolute Gasteiger partial charge is 0.379 e. The molecule has 1 atom stereocenters. The maximum absolute atomic E-state index is 12.1. The van der Waals surface area contributed by atoms with E-state index in [4.69, 9.17) is 4.74 Å². The summed E-state index contributed by atoms with van der Waals surface area (Å²) in [5, 5.41) is 3.30. The third kappa shape index (κ3) is 6.91. The molecular formula is C15H22F3NO. The number of nitrogens with one attached hydrogen (secondary N) is 1. The van der Waals surface area contributed by atoms with Gasteiger partial charge in [0.05, 0.1) is 25.7 Å². The van der Waals surface area contributed by atoms with Crippen LogP contribution in [0.1, 0.15) is 36.9 Å². The van der Waals surface area contributed by atoms with Crippen molar-refractivity contribution < 1.29 is 17.9 Å². The summed E-state index contributed by atoms with van der Waals surface area (Å²) in [6.07, 6.45) is -4.10. The SMILES string of the molecule is CCCNC(COCCC(F)(F)F)c1cccc(C)c1. The summed E-state index contributed by atoms with van der Waals surface area (Å²) in [5.74, 6) is 0. The van der Waals surface area contributed by atoms with Crippen molar-refractivity contribution in [3.8, 4) is 0 Å². The van der Waals surface area contributed by atoms with Crippen molar-refractivity contribution in [1.29, 1.82) is 0 Å². The van der Waals surface area contributed by atoms with Crippen LogP contribution < -0.4 is 5.32 Å². The Morgan fingerprint density at radius 1 is 1.30 bits per heavy atom. The number of aryl methyl sites for hydroxylation is 1. The Kier molecular flexibility index (Phi) is 7.02. The molecule has 2 nitrogen and oxygen atoms in total. The highest BCUT2D eigenvalue weighted by atomic mass is 19.4. The summed E-state index contributed by atoms with van der Waals surface area (Å²) in [7, 11) is 0.